The lowest BCUT2D eigenvalue weighted by atomic mass is 10.3. The molecule has 0 bridgehead atoms. The molecule has 0 aliphatic heterocycles. The fourth-order valence-corrected chi connectivity index (χ4v) is 1.63. The summed E-state index contributed by atoms with van der Waals surface area (Å²) < 4.78 is 8.51. The van der Waals surface area contributed by atoms with Crippen molar-refractivity contribution in [1.82, 2.24) is 9.78 Å². The number of rotatable bonds is 6. The normalized spacial score (nSPS) is 13.1. The minimum atomic E-state index is 0.446. The van der Waals surface area contributed by atoms with Crippen molar-refractivity contribution in [1.29, 1.82) is 0 Å². The first-order valence-corrected chi connectivity index (χ1v) is 6.29. The van der Waals surface area contributed by atoms with Gasteiger partial charge in [-0.2, -0.15) is 5.10 Å². The van der Waals surface area contributed by atoms with Crippen molar-refractivity contribution in [2.75, 3.05) is 6.61 Å². The first kappa shape index (κ1) is 12.7. The van der Waals surface area contributed by atoms with Gasteiger partial charge in [0.2, 0.25) is 0 Å². The Hall–Kier alpha value is -0.350. The molecule has 0 unspecified atom stereocenters. The summed E-state index contributed by atoms with van der Waals surface area (Å²) in [6.45, 7) is 7.82. The highest BCUT2D eigenvalue weighted by molar-refractivity contribution is 9.10. The Morgan fingerprint density at radius 2 is 2.27 bits per heavy atom. The van der Waals surface area contributed by atoms with Gasteiger partial charge in [-0.3, -0.25) is 4.68 Å². The van der Waals surface area contributed by atoms with Gasteiger partial charge < -0.3 is 4.74 Å². The number of hydrogen-bond donors (Lipinski definition) is 0. The lowest BCUT2D eigenvalue weighted by Crippen LogP contribution is -2.05. The van der Waals surface area contributed by atoms with Crippen molar-refractivity contribution < 1.29 is 4.74 Å². The number of aromatic nitrogens is 2. The van der Waals surface area contributed by atoms with E-state index in [1.807, 2.05) is 10.9 Å². The molecule has 0 amide bonds. The van der Waals surface area contributed by atoms with E-state index in [0.29, 0.717) is 12.6 Å². The fraction of sp³-hybridized carbons (Fsp3) is 0.727. The zero-order chi connectivity index (χ0) is 11.3. The van der Waals surface area contributed by atoms with Crippen LogP contribution in [0.4, 0.5) is 0 Å². The monoisotopic (exact) mass is 274 g/mol. The molecule has 0 fully saturated rings. The molecule has 1 rings (SSSR count). The molecular formula is C11H19BrN2O. The second-order valence-electron chi connectivity index (χ2n) is 3.71. The maximum Gasteiger partial charge on any atom is 0.102 e. The van der Waals surface area contributed by atoms with Crippen molar-refractivity contribution in [3.8, 4) is 0 Å². The molecule has 3 nitrogen and oxygen atoms in total. The van der Waals surface area contributed by atoms with E-state index in [1.54, 1.807) is 0 Å². The van der Waals surface area contributed by atoms with E-state index in [2.05, 4.69) is 41.8 Å². The Kier molecular flexibility index (Phi) is 5.32. The molecule has 0 aliphatic carbocycles. The van der Waals surface area contributed by atoms with E-state index in [-0.39, 0.29) is 0 Å². The van der Waals surface area contributed by atoms with Gasteiger partial charge in [0.05, 0.1) is 11.1 Å². The van der Waals surface area contributed by atoms with Crippen LogP contribution in [0.3, 0.4) is 0 Å². The Labute approximate surface area is 99.9 Å². The van der Waals surface area contributed by atoms with E-state index < -0.39 is 0 Å². The van der Waals surface area contributed by atoms with Crippen molar-refractivity contribution in [2.45, 2.75) is 46.3 Å². The van der Waals surface area contributed by atoms with Gasteiger partial charge >= 0.3 is 0 Å². The Morgan fingerprint density at radius 1 is 1.53 bits per heavy atom. The molecule has 0 aliphatic rings. The molecular weight excluding hydrogens is 256 g/mol. The summed E-state index contributed by atoms with van der Waals surface area (Å²) in [6.07, 6.45) is 4.16. The Morgan fingerprint density at radius 3 is 2.87 bits per heavy atom. The van der Waals surface area contributed by atoms with Gasteiger partial charge in [-0.1, -0.05) is 13.8 Å². The quantitative estimate of drug-likeness (QED) is 0.742. The largest absolute Gasteiger partial charge is 0.375 e. The first-order valence-electron chi connectivity index (χ1n) is 5.50. The van der Waals surface area contributed by atoms with Crippen LogP contribution >= 0.6 is 15.9 Å². The Bertz CT molecular complexity index is 299. The van der Waals surface area contributed by atoms with Crippen molar-refractivity contribution >= 4 is 15.9 Å². The van der Waals surface area contributed by atoms with E-state index in [1.165, 1.54) is 0 Å². The third-order valence-electron chi connectivity index (χ3n) is 2.39. The highest BCUT2D eigenvalue weighted by atomic mass is 79.9. The van der Waals surface area contributed by atoms with E-state index >= 15 is 0 Å². The summed E-state index contributed by atoms with van der Waals surface area (Å²) in [5.74, 6) is 0. The third kappa shape index (κ3) is 3.61. The van der Waals surface area contributed by atoms with Gasteiger partial charge in [0.25, 0.3) is 0 Å². The number of nitrogens with zero attached hydrogens (tertiary/aromatic N) is 2. The molecule has 1 aromatic rings. The summed E-state index contributed by atoms with van der Waals surface area (Å²) in [4.78, 5) is 0. The summed E-state index contributed by atoms with van der Waals surface area (Å²) in [5, 5.41) is 4.50. The molecule has 0 aromatic carbocycles. The van der Waals surface area contributed by atoms with Gasteiger partial charge in [-0.05, 0) is 35.7 Å². The van der Waals surface area contributed by atoms with Gasteiger partial charge in [0.15, 0.2) is 0 Å². The van der Waals surface area contributed by atoms with Crippen LogP contribution in [0, 0.1) is 0 Å². The van der Waals surface area contributed by atoms with Crippen molar-refractivity contribution in [2.24, 2.45) is 0 Å². The van der Waals surface area contributed by atoms with Crippen LogP contribution in [0.25, 0.3) is 0 Å². The van der Waals surface area contributed by atoms with Crippen molar-refractivity contribution in [3.63, 3.8) is 0 Å². The fourth-order valence-electron chi connectivity index (χ4n) is 1.23. The highest BCUT2D eigenvalue weighted by Crippen LogP contribution is 2.19. The van der Waals surface area contributed by atoms with Crippen LogP contribution in [-0.4, -0.2) is 16.4 Å². The predicted molar refractivity (Wildman–Crippen MR) is 64.9 cm³/mol. The van der Waals surface area contributed by atoms with Crippen LogP contribution < -0.4 is 0 Å². The topological polar surface area (TPSA) is 27.1 Å². The molecule has 4 heteroatoms. The average Bonchev–Trinajstić information content (AvgIpc) is 2.60. The third-order valence-corrected chi connectivity index (χ3v) is 3.05. The van der Waals surface area contributed by atoms with Gasteiger partial charge in [0, 0.05) is 18.8 Å². The highest BCUT2D eigenvalue weighted by Gasteiger charge is 2.09. The van der Waals surface area contributed by atoms with Crippen LogP contribution in [0.2, 0.25) is 0 Å². The molecule has 1 heterocycles. The number of halogens is 1. The van der Waals surface area contributed by atoms with Gasteiger partial charge in [-0.25, -0.2) is 0 Å². The zero-order valence-electron chi connectivity index (χ0n) is 9.66. The van der Waals surface area contributed by atoms with Crippen LogP contribution in [0.5, 0.6) is 0 Å². The molecule has 0 radical (unpaired) electrons. The molecule has 86 valence electrons. The SMILES string of the molecule is CCCOCc1nn([C@@H](C)CC)cc1Br. The molecule has 0 spiro atoms. The molecule has 0 saturated heterocycles. The number of hydrogen-bond acceptors (Lipinski definition) is 2. The summed E-state index contributed by atoms with van der Waals surface area (Å²) in [6, 6.07) is 0.446. The van der Waals surface area contributed by atoms with Gasteiger partial charge in [-0.15, -0.1) is 0 Å². The molecule has 1 atom stereocenters. The summed E-state index contributed by atoms with van der Waals surface area (Å²) in [5.41, 5.74) is 0.990. The Balaban J connectivity index is 2.60. The standard InChI is InChI=1S/C11H19BrN2O/c1-4-6-15-8-11-10(12)7-14(13-11)9(3)5-2/h7,9H,4-6,8H2,1-3H3/t9-/m0/s1. The van der Waals surface area contributed by atoms with E-state index in [4.69, 9.17) is 4.74 Å². The lowest BCUT2D eigenvalue weighted by molar-refractivity contribution is 0.118. The molecule has 0 saturated carbocycles. The van der Waals surface area contributed by atoms with Crippen molar-refractivity contribution in [3.05, 3.63) is 16.4 Å². The van der Waals surface area contributed by atoms with E-state index in [0.717, 1.165) is 29.6 Å². The van der Waals surface area contributed by atoms with E-state index in [9.17, 15) is 0 Å². The second kappa shape index (κ2) is 6.28. The zero-order valence-corrected chi connectivity index (χ0v) is 11.2. The minimum Gasteiger partial charge on any atom is -0.375 e. The average molecular weight is 275 g/mol. The lowest BCUT2D eigenvalue weighted by Gasteiger charge is -2.07. The molecule has 1 aromatic heterocycles. The maximum absolute atomic E-state index is 5.47. The first-order chi connectivity index (χ1) is 7.19. The minimum absolute atomic E-state index is 0.446. The summed E-state index contributed by atoms with van der Waals surface area (Å²) in [7, 11) is 0. The molecule has 0 N–H and O–H groups in total. The van der Waals surface area contributed by atoms with Crippen LogP contribution in [-0.2, 0) is 11.3 Å². The number of ether oxygens (including phenoxy) is 1. The summed E-state index contributed by atoms with van der Waals surface area (Å²) >= 11 is 3.50. The van der Waals surface area contributed by atoms with Gasteiger partial charge in [0.1, 0.15) is 5.69 Å². The smallest absolute Gasteiger partial charge is 0.102 e. The van der Waals surface area contributed by atoms with Crippen LogP contribution in [0.1, 0.15) is 45.3 Å². The van der Waals surface area contributed by atoms with Crippen LogP contribution in [0.15, 0.2) is 10.7 Å². The molecule has 15 heavy (non-hydrogen) atoms. The predicted octanol–water partition coefficient (Wildman–Crippen LogP) is 3.54. The maximum atomic E-state index is 5.47. The second-order valence-corrected chi connectivity index (χ2v) is 4.57.